The van der Waals surface area contributed by atoms with Crippen LogP contribution in [-0.4, -0.2) is 12.6 Å². The zero-order valence-electron chi connectivity index (χ0n) is 11.8. The van der Waals surface area contributed by atoms with Crippen LogP contribution in [0.3, 0.4) is 0 Å². The van der Waals surface area contributed by atoms with Gasteiger partial charge in [-0.1, -0.05) is 43.6 Å². The van der Waals surface area contributed by atoms with E-state index in [2.05, 4.69) is 55.0 Å². The van der Waals surface area contributed by atoms with Crippen molar-refractivity contribution in [3.63, 3.8) is 0 Å². The largest absolute Gasteiger partial charge is 0.493 e. The van der Waals surface area contributed by atoms with Gasteiger partial charge in [0, 0.05) is 22.6 Å². The summed E-state index contributed by atoms with van der Waals surface area (Å²) in [6.45, 7) is 10.4. The Morgan fingerprint density at radius 3 is 2.56 bits per heavy atom. The highest BCUT2D eigenvalue weighted by atomic mass is 79.9. The molecule has 1 N–H and O–H groups in total. The summed E-state index contributed by atoms with van der Waals surface area (Å²) in [5.41, 5.74) is 1.21. The summed E-state index contributed by atoms with van der Waals surface area (Å²) in [6, 6.07) is 6.68. The number of ether oxygens (including phenoxy) is 1. The van der Waals surface area contributed by atoms with Crippen molar-refractivity contribution in [3.8, 4) is 5.75 Å². The summed E-state index contributed by atoms with van der Waals surface area (Å²) < 4.78 is 6.97. The van der Waals surface area contributed by atoms with E-state index in [4.69, 9.17) is 4.74 Å². The van der Waals surface area contributed by atoms with E-state index in [9.17, 15) is 0 Å². The monoisotopic (exact) mass is 313 g/mol. The van der Waals surface area contributed by atoms with Crippen LogP contribution in [0.5, 0.6) is 5.75 Å². The van der Waals surface area contributed by atoms with Crippen LogP contribution in [0.2, 0.25) is 0 Å². The van der Waals surface area contributed by atoms with Gasteiger partial charge in [-0.05, 0) is 30.5 Å². The molecule has 3 heteroatoms. The van der Waals surface area contributed by atoms with Gasteiger partial charge in [-0.25, -0.2) is 0 Å². The maximum absolute atomic E-state index is 5.87. The fourth-order valence-corrected chi connectivity index (χ4v) is 1.95. The molecule has 0 aromatic heterocycles. The SMILES string of the molecule is CC(C)CCOc1ccc(Br)cc1CNC(C)C. The summed E-state index contributed by atoms with van der Waals surface area (Å²) in [4.78, 5) is 0. The molecule has 0 amide bonds. The molecule has 2 nitrogen and oxygen atoms in total. The molecule has 0 atom stereocenters. The second-order valence-corrected chi connectivity index (χ2v) is 6.23. The van der Waals surface area contributed by atoms with Gasteiger partial charge in [0.15, 0.2) is 0 Å². The average Bonchev–Trinajstić information content (AvgIpc) is 2.28. The summed E-state index contributed by atoms with van der Waals surface area (Å²) in [5, 5.41) is 3.43. The molecular formula is C15H24BrNO. The van der Waals surface area contributed by atoms with Crippen molar-refractivity contribution < 1.29 is 4.74 Å². The molecule has 1 aromatic rings. The van der Waals surface area contributed by atoms with Crippen molar-refractivity contribution in [1.29, 1.82) is 0 Å². The highest BCUT2D eigenvalue weighted by molar-refractivity contribution is 9.10. The lowest BCUT2D eigenvalue weighted by Crippen LogP contribution is -2.22. The minimum absolute atomic E-state index is 0.479. The van der Waals surface area contributed by atoms with Crippen LogP contribution in [-0.2, 0) is 6.54 Å². The highest BCUT2D eigenvalue weighted by Crippen LogP contribution is 2.23. The van der Waals surface area contributed by atoms with Crippen LogP contribution in [0.25, 0.3) is 0 Å². The Morgan fingerprint density at radius 1 is 1.22 bits per heavy atom. The van der Waals surface area contributed by atoms with E-state index >= 15 is 0 Å². The lowest BCUT2D eigenvalue weighted by molar-refractivity contribution is 0.286. The minimum Gasteiger partial charge on any atom is -0.493 e. The normalized spacial score (nSPS) is 11.3. The predicted octanol–water partition coefficient (Wildman–Crippen LogP) is 4.37. The van der Waals surface area contributed by atoms with Crippen molar-refractivity contribution in [2.45, 2.75) is 46.7 Å². The Hall–Kier alpha value is -0.540. The third-order valence-corrected chi connectivity index (χ3v) is 3.17. The van der Waals surface area contributed by atoms with Crippen molar-refractivity contribution >= 4 is 15.9 Å². The molecule has 0 unspecified atom stereocenters. The van der Waals surface area contributed by atoms with Crippen LogP contribution in [0.1, 0.15) is 39.7 Å². The van der Waals surface area contributed by atoms with Gasteiger partial charge in [0.25, 0.3) is 0 Å². The Morgan fingerprint density at radius 2 is 1.94 bits per heavy atom. The summed E-state index contributed by atoms with van der Waals surface area (Å²) in [5.74, 6) is 1.67. The van der Waals surface area contributed by atoms with Crippen LogP contribution < -0.4 is 10.1 Å². The second-order valence-electron chi connectivity index (χ2n) is 5.32. The molecular weight excluding hydrogens is 290 g/mol. The van der Waals surface area contributed by atoms with Gasteiger partial charge in [-0.3, -0.25) is 0 Å². The van der Waals surface area contributed by atoms with E-state index in [-0.39, 0.29) is 0 Å². The molecule has 18 heavy (non-hydrogen) atoms. The first kappa shape index (κ1) is 15.5. The quantitative estimate of drug-likeness (QED) is 0.807. The smallest absolute Gasteiger partial charge is 0.123 e. The van der Waals surface area contributed by atoms with E-state index in [1.165, 1.54) is 5.56 Å². The lowest BCUT2D eigenvalue weighted by atomic mass is 10.1. The van der Waals surface area contributed by atoms with Gasteiger partial charge in [0.2, 0.25) is 0 Å². The molecule has 0 saturated heterocycles. The van der Waals surface area contributed by atoms with Crippen molar-refractivity contribution in [3.05, 3.63) is 28.2 Å². The minimum atomic E-state index is 0.479. The van der Waals surface area contributed by atoms with Gasteiger partial charge in [0.05, 0.1) is 6.61 Å². The number of hydrogen-bond donors (Lipinski definition) is 1. The van der Waals surface area contributed by atoms with Gasteiger partial charge < -0.3 is 10.1 Å². The van der Waals surface area contributed by atoms with E-state index < -0.39 is 0 Å². The Bertz CT molecular complexity index is 364. The number of nitrogens with one attached hydrogen (secondary N) is 1. The molecule has 0 heterocycles. The first-order chi connectivity index (χ1) is 8.49. The molecule has 0 aliphatic rings. The molecule has 1 aromatic carbocycles. The summed E-state index contributed by atoms with van der Waals surface area (Å²) in [6.07, 6.45) is 1.09. The maximum Gasteiger partial charge on any atom is 0.123 e. The van der Waals surface area contributed by atoms with Crippen molar-refractivity contribution in [1.82, 2.24) is 5.32 Å². The molecule has 0 radical (unpaired) electrons. The second kappa shape index (κ2) is 7.80. The number of hydrogen-bond acceptors (Lipinski definition) is 2. The number of benzene rings is 1. The molecule has 0 fully saturated rings. The molecule has 102 valence electrons. The molecule has 0 bridgehead atoms. The first-order valence-electron chi connectivity index (χ1n) is 6.63. The molecule has 0 saturated carbocycles. The molecule has 0 aliphatic heterocycles. The number of rotatable bonds is 7. The van der Waals surface area contributed by atoms with E-state index in [1.54, 1.807) is 0 Å². The Balaban J connectivity index is 2.64. The third kappa shape index (κ3) is 5.87. The van der Waals surface area contributed by atoms with Crippen LogP contribution in [0.4, 0.5) is 0 Å². The van der Waals surface area contributed by atoms with E-state index in [0.717, 1.165) is 29.8 Å². The zero-order valence-corrected chi connectivity index (χ0v) is 13.4. The van der Waals surface area contributed by atoms with Crippen molar-refractivity contribution in [2.24, 2.45) is 5.92 Å². The maximum atomic E-state index is 5.87. The fourth-order valence-electron chi connectivity index (χ4n) is 1.55. The highest BCUT2D eigenvalue weighted by Gasteiger charge is 2.06. The standard InChI is InChI=1S/C15H24BrNO/c1-11(2)7-8-18-15-6-5-14(16)9-13(15)10-17-12(3)4/h5-6,9,11-12,17H,7-8,10H2,1-4H3. The summed E-state index contributed by atoms with van der Waals surface area (Å²) in [7, 11) is 0. The van der Waals surface area contributed by atoms with Gasteiger partial charge in [-0.2, -0.15) is 0 Å². The molecule has 1 rings (SSSR count). The van der Waals surface area contributed by atoms with Crippen molar-refractivity contribution in [2.75, 3.05) is 6.61 Å². The predicted molar refractivity (Wildman–Crippen MR) is 81.1 cm³/mol. The van der Waals surface area contributed by atoms with Crippen LogP contribution in [0, 0.1) is 5.92 Å². The average molecular weight is 314 g/mol. The Kier molecular flexibility index (Phi) is 6.72. The van der Waals surface area contributed by atoms with Crippen LogP contribution >= 0.6 is 15.9 Å². The Labute approximate surface area is 119 Å². The van der Waals surface area contributed by atoms with Gasteiger partial charge in [-0.15, -0.1) is 0 Å². The first-order valence-corrected chi connectivity index (χ1v) is 7.43. The van der Waals surface area contributed by atoms with Gasteiger partial charge >= 0.3 is 0 Å². The van der Waals surface area contributed by atoms with E-state index in [1.807, 2.05) is 12.1 Å². The lowest BCUT2D eigenvalue weighted by Gasteiger charge is -2.15. The molecule has 0 aliphatic carbocycles. The topological polar surface area (TPSA) is 21.3 Å². The third-order valence-electron chi connectivity index (χ3n) is 2.68. The van der Waals surface area contributed by atoms with Gasteiger partial charge in [0.1, 0.15) is 5.75 Å². The molecule has 0 spiro atoms. The fraction of sp³-hybridized carbons (Fsp3) is 0.600. The number of halogens is 1. The zero-order chi connectivity index (χ0) is 13.5. The summed E-state index contributed by atoms with van der Waals surface area (Å²) >= 11 is 3.51. The van der Waals surface area contributed by atoms with Crippen LogP contribution in [0.15, 0.2) is 22.7 Å². The van der Waals surface area contributed by atoms with E-state index in [0.29, 0.717) is 12.0 Å².